The van der Waals surface area contributed by atoms with Gasteiger partial charge in [0.05, 0.1) is 5.69 Å². The molecule has 1 aliphatic carbocycles. The van der Waals surface area contributed by atoms with Crippen molar-refractivity contribution in [2.24, 2.45) is 10.9 Å². The average molecular weight is 477 g/mol. The molecule has 0 aliphatic heterocycles. The van der Waals surface area contributed by atoms with Gasteiger partial charge in [-0.1, -0.05) is 12.8 Å². The third kappa shape index (κ3) is 7.92. The summed E-state index contributed by atoms with van der Waals surface area (Å²) in [6.07, 6.45) is 5.60. The third-order valence-corrected chi connectivity index (χ3v) is 4.48. The molecule has 1 saturated carbocycles. The van der Waals surface area contributed by atoms with Gasteiger partial charge < -0.3 is 20.4 Å². The first-order valence-electron chi connectivity index (χ1n) is 9.30. The Hall–Kier alpha value is -1.32. The number of rotatable bonds is 8. The summed E-state index contributed by atoms with van der Waals surface area (Å²) >= 11 is 0. The average Bonchev–Trinajstić information content (AvgIpc) is 3.19. The summed E-state index contributed by atoms with van der Waals surface area (Å²) in [5, 5.41) is 9.37. The fourth-order valence-electron chi connectivity index (χ4n) is 3.03. The monoisotopic (exact) mass is 477 g/mol. The molecule has 2 rings (SSSR count). The summed E-state index contributed by atoms with van der Waals surface area (Å²) in [6.45, 7) is 8.21. The molecule has 0 spiro atoms. The molecule has 1 aromatic rings. The van der Waals surface area contributed by atoms with E-state index in [2.05, 4.69) is 25.9 Å². The van der Waals surface area contributed by atoms with Crippen LogP contribution in [0.1, 0.15) is 56.4 Å². The number of aliphatic imine (C=N–C) groups is 1. The van der Waals surface area contributed by atoms with E-state index < -0.39 is 0 Å². The lowest BCUT2D eigenvalue weighted by atomic mass is 10.0. The second kappa shape index (κ2) is 12.1. The van der Waals surface area contributed by atoms with Gasteiger partial charge in [-0.15, -0.1) is 24.0 Å². The van der Waals surface area contributed by atoms with E-state index in [4.69, 9.17) is 4.42 Å². The number of oxazole rings is 1. The van der Waals surface area contributed by atoms with Crippen molar-refractivity contribution < 1.29 is 9.21 Å². The van der Waals surface area contributed by atoms with Crippen LogP contribution in [0.25, 0.3) is 0 Å². The number of halogens is 1. The Morgan fingerprint density at radius 1 is 1.19 bits per heavy atom. The maximum atomic E-state index is 11.9. The molecule has 148 valence electrons. The van der Waals surface area contributed by atoms with Gasteiger partial charge in [0.2, 0.25) is 11.8 Å². The van der Waals surface area contributed by atoms with E-state index >= 15 is 0 Å². The zero-order valence-corrected chi connectivity index (χ0v) is 18.4. The van der Waals surface area contributed by atoms with Gasteiger partial charge in [0.1, 0.15) is 12.3 Å². The summed E-state index contributed by atoms with van der Waals surface area (Å²) in [5.74, 6) is 2.87. The quantitative estimate of drug-likeness (QED) is 0.232. The Morgan fingerprint density at radius 3 is 2.50 bits per heavy atom. The second-order valence-corrected chi connectivity index (χ2v) is 6.58. The molecule has 1 heterocycles. The van der Waals surface area contributed by atoms with Crippen LogP contribution in [0.2, 0.25) is 0 Å². The first-order valence-corrected chi connectivity index (χ1v) is 9.30. The molecule has 8 heteroatoms. The van der Waals surface area contributed by atoms with E-state index in [0.29, 0.717) is 43.8 Å². The molecule has 26 heavy (non-hydrogen) atoms. The Morgan fingerprint density at radius 2 is 1.88 bits per heavy atom. The number of aryl methyl sites for hydroxylation is 2. The standard InChI is InChI=1S/C18H31N5O2.HI/c1-4-19-18(22-12-17-23-13(2)14(3)25-17)21-10-9-20-16(24)11-15-7-5-6-8-15;/h15H,4-12H2,1-3H3,(H,20,24)(H2,19,21,22);1H. The molecule has 3 N–H and O–H groups in total. The van der Waals surface area contributed by atoms with Crippen LogP contribution >= 0.6 is 24.0 Å². The van der Waals surface area contributed by atoms with Crippen molar-refractivity contribution in [2.75, 3.05) is 19.6 Å². The van der Waals surface area contributed by atoms with Gasteiger partial charge in [0, 0.05) is 26.1 Å². The van der Waals surface area contributed by atoms with Crippen LogP contribution in [-0.2, 0) is 11.3 Å². The number of nitrogens with zero attached hydrogens (tertiary/aromatic N) is 2. The molecular formula is C18H32IN5O2. The van der Waals surface area contributed by atoms with Crippen LogP contribution in [0.3, 0.4) is 0 Å². The van der Waals surface area contributed by atoms with Crippen LogP contribution in [0.15, 0.2) is 9.41 Å². The third-order valence-electron chi connectivity index (χ3n) is 4.48. The second-order valence-electron chi connectivity index (χ2n) is 6.58. The molecule has 0 unspecified atom stereocenters. The zero-order valence-electron chi connectivity index (χ0n) is 16.1. The number of aromatic nitrogens is 1. The summed E-state index contributed by atoms with van der Waals surface area (Å²) in [5.41, 5.74) is 0.896. The molecule has 1 amide bonds. The SMILES string of the molecule is CCNC(=NCc1nc(C)c(C)o1)NCCNC(=O)CC1CCCC1.I. The summed E-state index contributed by atoms with van der Waals surface area (Å²) in [7, 11) is 0. The smallest absolute Gasteiger partial charge is 0.220 e. The summed E-state index contributed by atoms with van der Waals surface area (Å²) < 4.78 is 5.53. The number of carbonyl (C=O) groups excluding carboxylic acids is 1. The first-order chi connectivity index (χ1) is 12.1. The van der Waals surface area contributed by atoms with Gasteiger partial charge >= 0.3 is 0 Å². The van der Waals surface area contributed by atoms with E-state index in [-0.39, 0.29) is 29.9 Å². The molecule has 0 radical (unpaired) electrons. The molecule has 1 aromatic heterocycles. The van der Waals surface area contributed by atoms with Crippen molar-refractivity contribution in [1.82, 2.24) is 20.9 Å². The summed E-state index contributed by atoms with van der Waals surface area (Å²) in [4.78, 5) is 20.7. The maximum Gasteiger partial charge on any atom is 0.220 e. The molecule has 0 bridgehead atoms. The number of amides is 1. The molecule has 0 aromatic carbocycles. The molecule has 0 saturated heterocycles. The lowest BCUT2D eigenvalue weighted by molar-refractivity contribution is -0.121. The number of hydrogen-bond donors (Lipinski definition) is 3. The van der Waals surface area contributed by atoms with Gasteiger partial charge in [-0.05, 0) is 39.5 Å². The number of hydrogen-bond acceptors (Lipinski definition) is 4. The van der Waals surface area contributed by atoms with Crippen LogP contribution < -0.4 is 16.0 Å². The van der Waals surface area contributed by atoms with Gasteiger partial charge in [0.15, 0.2) is 5.96 Å². The normalized spacial score (nSPS) is 14.8. The first kappa shape index (κ1) is 22.7. The molecule has 7 nitrogen and oxygen atoms in total. The largest absolute Gasteiger partial charge is 0.444 e. The molecule has 0 atom stereocenters. The Labute approximate surface area is 173 Å². The minimum Gasteiger partial charge on any atom is -0.444 e. The highest BCUT2D eigenvalue weighted by Crippen LogP contribution is 2.27. The number of carbonyl (C=O) groups is 1. The number of guanidine groups is 1. The van der Waals surface area contributed by atoms with E-state index in [9.17, 15) is 4.79 Å². The lowest BCUT2D eigenvalue weighted by Gasteiger charge is -2.12. The van der Waals surface area contributed by atoms with E-state index in [1.54, 1.807) is 0 Å². The minimum absolute atomic E-state index is 0. The highest BCUT2D eigenvalue weighted by atomic mass is 127. The van der Waals surface area contributed by atoms with Crippen molar-refractivity contribution in [3.63, 3.8) is 0 Å². The van der Waals surface area contributed by atoms with E-state index in [0.717, 1.165) is 18.0 Å². The van der Waals surface area contributed by atoms with Crippen LogP contribution in [-0.4, -0.2) is 36.5 Å². The molecule has 1 aliphatic rings. The molecule has 1 fully saturated rings. The van der Waals surface area contributed by atoms with Crippen molar-refractivity contribution in [3.05, 3.63) is 17.3 Å². The number of nitrogens with one attached hydrogen (secondary N) is 3. The fourth-order valence-corrected chi connectivity index (χ4v) is 3.03. The van der Waals surface area contributed by atoms with Gasteiger partial charge in [-0.25, -0.2) is 9.98 Å². The highest BCUT2D eigenvalue weighted by molar-refractivity contribution is 14.0. The van der Waals surface area contributed by atoms with Crippen LogP contribution in [0, 0.1) is 19.8 Å². The van der Waals surface area contributed by atoms with Gasteiger partial charge in [0.25, 0.3) is 0 Å². The Balaban J connectivity index is 0.00000338. The summed E-state index contributed by atoms with van der Waals surface area (Å²) in [6, 6.07) is 0. The topological polar surface area (TPSA) is 91.6 Å². The van der Waals surface area contributed by atoms with Crippen molar-refractivity contribution in [1.29, 1.82) is 0 Å². The molecular weight excluding hydrogens is 445 g/mol. The van der Waals surface area contributed by atoms with E-state index in [1.807, 2.05) is 20.8 Å². The van der Waals surface area contributed by atoms with E-state index in [1.165, 1.54) is 25.7 Å². The van der Waals surface area contributed by atoms with Gasteiger partial charge in [-0.3, -0.25) is 4.79 Å². The highest BCUT2D eigenvalue weighted by Gasteiger charge is 2.17. The van der Waals surface area contributed by atoms with Crippen molar-refractivity contribution in [3.8, 4) is 0 Å². The maximum absolute atomic E-state index is 11.9. The lowest BCUT2D eigenvalue weighted by Crippen LogP contribution is -2.41. The van der Waals surface area contributed by atoms with Gasteiger partial charge in [-0.2, -0.15) is 0 Å². The zero-order chi connectivity index (χ0) is 18.1. The fraction of sp³-hybridized carbons (Fsp3) is 0.722. The van der Waals surface area contributed by atoms with Crippen molar-refractivity contribution >= 4 is 35.8 Å². The Kier molecular flexibility index (Phi) is 10.6. The predicted molar refractivity (Wildman–Crippen MR) is 114 cm³/mol. The van der Waals surface area contributed by atoms with Crippen molar-refractivity contribution in [2.45, 2.75) is 59.4 Å². The van der Waals surface area contributed by atoms with Crippen LogP contribution in [0.5, 0.6) is 0 Å². The van der Waals surface area contributed by atoms with Crippen LogP contribution in [0.4, 0.5) is 0 Å². The minimum atomic E-state index is 0. The Bertz CT molecular complexity index is 563. The predicted octanol–water partition coefficient (Wildman–Crippen LogP) is 2.66.